The van der Waals surface area contributed by atoms with E-state index in [4.69, 9.17) is 4.74 Å². The molecule has 3 heteroatoms. The lowest BCUT2D eigenvalue weighted by Crippen LogP contribution is -2.39. The maximum absolute atomic E-state index is 12.8. The van der Waals surface area contributed by atoms with E-state index in [-0.39, 0.29) is 11.9 Å². The van der Waals surface area contributed by atoms with Gasteiger partial charge in [0.25, 0.3) is 0 Å². The van der Waals surface area contributed by atoms with E-state index in [0.717, 1.165) is 17.5 Å². The highest BCUT2D eigenvalue weighted by Crippen LogP contribution is 2.15. The van der Waals surface area contributed by atoms with E-state index in [1.165, 1.54) is 0 Å². The minimum atomic E-state index is -0.0571. The van der Waals surface area contributed by atoms with Gasteiger partial charge in [0.05, 0.1) is 12.6 Å². The summed E-state index contributed by atoms with van der Waals surface area (Å²) in [5.74, 6) is 0.117. The van der Waals surface area contributed by atoms with E-state index in [2.05, 4.69) is 13.2 Å². The van der Waals surface area contributed by atoms with E-state index in [1.807, 2.05) is 71.6 Å². The number of amides is 1. The summed E-state index contributed by atoms with van der Waals surface area (Å²) in [6.45, 7) is 9.40. The summed E-state index contributed by atoms with van der Waals surface area (Å²) in [5, 5.41) is 0. The summed E-state index contributed by atoms with van der Waals surface area (Å²) < 4.78 is 5.81. The van der Waals surface area contributed by atoms with E-state index in [9.17, 15) is 4.79 Å². The second-order valence-corrected chi connectivity index (χ2v) is 6.46. The summed E-state index contributed by atoms with van der Waals surface area (Å²) in [6.07, 6.45) is 5.50. The van der Waals surface area contributed by atoms with E-state index in [1.54, 1.807) is 6.08 Å². The lowest BCUT2D eigenvalue weighted by atomic mass is 10.1. The lowest BCUT2D eigenvalue weighted by molar-refractivity contribution is -0.133. The predicted molar refractivity (Wildman–Crippen MR) is 111 cm³/mol. The molecule has 142 valence electrons. The highest BCUT2D eigenvalue weighted by atomic mass is 16.5. The van der Waals surface area contributed by atoms with Crippen molar-refractivity contribution in [3.8, 4) is 0 Å². The van der Waals surface area contributed by atoms with Crippen molar-refractivity contribution >= 4 is 5.91 Å². The molecule has 0 aromatic heterocycles. The van der Waals surface area contributed by atoms with Crippen LogP contribution in [0.2, 0.25) is 0 Å². The number of hydrogen-bond donors (Lipinski definition) is 0. The van der Waals surface area contributed by atoms with Crippen molar-refractivity contribution in [3.63, 3.8) is 0 Å². The third kappa shape index (κ3) is 7.24. The van der Waals surface area contributed by atoms with Crippen molar-refractivity contribution in [1.82, 2.24) is 4.90 Å². The number of allylic oxidation sites excluding steroid dienone is 1. The van der Waals surface area contributed by atoms with Gasteiger partial charge in [-0.15, -0.1) is 13.2 Å². The minimum absolute atomic E-state index is 0.0571. The van der Waals surface area contributed by atoms with Crippen LogP contribution in [-0.2, 0) is 22.7 Å². The number of ether oxygens (including phenoxy) is 1. The van der Waals surface area contributed by atoms with Crippen LogP contribution in [-0.4, -0.2) is 23.5 Å². The van der Waals surface area contributed by atoms with Crippen LogP contribution in [0.1, 0.15) is 30.4 Å². The van der Waals surface area contributed by atoms with Gasteiger partial charge in [0, 0.05) is 19.6 Å². The maximum Gasteiger partial charge on any atom is 0.223 e. The number of carbonyl (C=O) groups is 1. The Hall–Kier alpha value is -2.65. The van der Waals surface area contributed by atoms with Crippen molar-refractivity contribution in [2.75, 3.05) is 6.61 Å². The second-order valence-electron chi connectivity index (χ2n) is 6.46. The average molecular weight is 364 g/mol. The van der Waals surface area contributed by atoms with Crippen LogP contribution >= 0.6 is 0 Å². The Morgan fingerprint density at radius 3 is 2.22 bits per heavy atom. The van der Waals surface area contributed by atoms with Crippen LogP contribution in [0.4, 0.5) is 0 Å². The largest absolute Gasteiger partial charge is 0.377 e. The Morgan fingerprint density at radius 2 is 1.63 bits per heavy atom. The molecule has 0 fully saturated rings. The molecule has 0 radical (unpaired) electrons. The molecule has 27 heavy (non-hydrogen) atoms. The zero-order valence-electron chi connectivity index (χ0n) is 15.9. The normalized spacial score (nSPS) is 11.6. The Balaban J connectivity index is 1.95. The number of nitrogens with zero attached hydrogens (tertiary/aromatic N) is 1. The number of benzene rings is 2. The van der Waals surface area contributed by atoms with Gasteiger partial charge in [-0.2, -0.15) is 0 Å². The molecule has 2 rings (SSSR count). The molecule has 0 aliphatic carbocycles. The van der Waals surface area contributed by atoms with Gasteiger partial charge in [-0.1, -0.05) is 72.8 Å². The van der Waals surface area contributed by atoms with Gasteiger partial charge in [-0.25, -0.2) is 0 Å². The number of rotatable bonds is 12. The van der Waals surface area contributed by atoms with Crippen LogP contribution < -0.4 is 0 Å². The molecular formula is C24H29NO2. The molecular weight excluding hydrogens is 334 g/mol. The fraction of sp³-hybridized carbons (Fsp3) is 0.292. The van der Waals surface area contributed by atoms with Crippen LogP contribution in [0.3, 0.4) is 0 Å². The van der Waals surface area contributed by atoms with Crippen molar-refractivity contribution in [1.29, 1.82) is 0 Å². The molecule has 3 nitrogen and oxygen atoms in total. The third-order valence-corrected chi connectivity index (χ3v) is 4.42. The first-order valence-corrected chi connectivity index (χ1v) is 9.43. The van der Waals surface area contributed by atoms with Gasteiger partial charge in [0.15, 0.2) is 0 Å². The van der Waals surface area contributed by atoms with Crippen LogP contribution in [0.5, 0.6) is 0 Å². The van der Waals surface area contributed by atoms with E-state index in [0.29, 0.717) is 32.6 Å². The summed E-state index contributed by atoms with van der Waals surface area (Å²) in [5.41, 5.74) is 2.26. The maximum atomic E-state index is 12.8. The summed E-state index contributed by atoms with van der Waals surface area (Å²) in [4.78, 5) is 14.7. The van der Waals surface area contributed by atoms with Gasteiger partial charge >= 0.3 is 0 Å². The van der Waals surface area contributed by atoms with E-state index >= 15 is 0 Å². The quantitative estimate of drug-likeness (QED) is 0.386. The molecule has 0 spiro atoms. The third-order valence-electron chi connectivity index (χ3n) is 4.42. The second kappa shape index (κ2) is 11.9. The Kier molecular flexibility index (Phi) is 9.08. The van der Waals surface area contributed by atoms with Crippen LogP contribution in [0.15, 0.2) is 86.0 Å². The summed E-state index contributed by atoms with van der Waals surface area (Å²) >= 11 is 0. The van der Waals surface area contributed by atoms with Crippen molar-refractivity contribution in [2.24, 2.45) is 0 Å². The van der Waals surface area contributed by atoms with Gasteiger partial charge in [0.1, 0.15) is 0 Å². The minimum Gasteiger partial charge on any atom is -0.377 e. The molecule has 0 bridgehead atoms. The summed E-state index contributed by atoms with van der Waals surface area (Å²) in [7, 11) is 0. The molecule has 0 N–H and O–H groups in total. The monoisotopic (exact) mass is 363 g/mol. The molecule has 0 saturated carbocycles. The Morgan fingerprint density at radius 1 is 1.00 bits per heavy atom. The Bertz CT molecular complexity index is 697. The van der Waals surface area contributed by atoms with Gasteiger partial charge in [-0.05, 0) is 24.0 Å². The van der Waals surface area contributed by atoms with Gasteiger partial charge in [-0.3, -0.25) is 4.79 Å². The molecule has 2 aromatic carbocycles. The molecule has 0 saturated heterocycles. The molecule has 1 amide bonds. The first-order chi connectivity index (χ1) is 13.2. The topological polar surface area (TPSA) is 29.5 Å². The van der Waals surface area contributed by atoms with Crippen LogP contribution in [0, 0.1) is 0 Å². The molecule has 0 unspecified atom stereocenters. The van der Waals surface area contributed by atoms with Crippen molar-refractivity contribution < 1.29 is 9.53 Å². The fourth-order valence-corrected chi connectivity index (χ4v) is 2.91. The SMILES string of the molecule is C=CCCC(=O)N(Cc1ccccc1)[C@@H](C=C)CCOCc1ccccc1. The fourth-order valence-electron chi connectivity index (χ4n) is 2.91. The average Bonchev–Trinajstić information content (AvgIpc) is 2.72. The van der Waals surface area contributed by atoms with E-state index < -0.39 is 0 Å². The zero-order chi connectivity index (χ0) is 19.3. The number of carbonyl (C=O) groups excluding carboxylic acids is 1. The first-order valence-electron chi connectivity index (χ1n) is 9.43. The molecule has 0 heterocycles. The highest BCUT2D eigenvalue weighted by Gasteiger charge is 2.21. The first kappa shape index (κ1) is 20.7. The highest BCUT2D eigenvalue weighted by molar-refractivity contribution is 5.77. The van der Waals surface area contributed by atoms with Crippen molar-refractivity contribution in [3.05, 3.63) is 97.1 Å². The van der Waals surface area contributed by atoms with Crippen LogP contribution in [0.25, 0.3) is 0 Å². The summed E-state index contributed by atoms with van der Waals surface area (Å²) in [6, 6.07) is 20.1. The van der Waals surface area contributed by atoms with Crippen molar-refractivity contribution in [2.45, 2.75) is 38.5 Å². The number of hydrogen-bond acceptors (Lipinski definition) is 2. The Labute approximate surface area is 163 Å². The lowest BCUT2D eigenvalue weighted by Gasteiger charge is -2.30. The molecule has 0 aliphatic heterocycles. The zero-order valence-corrected chi connectivity index (χ0v) is 15.9. The smallest absolute Gasteiger partial charge is 0.223 e. The predicted octanol–water partition coefficient (Wildman–Crippen LogP) is 5.14. The molecule has 1 atom stereocenters. The molecule has 2 aromatic rings. The van der Waals surface area contributed by atoms with Gasteiger partial charge in [0.2, 0.25) is 5.91 Å². The van der Waals surface area contributed by atoms with Gasteiger partial charge < -0.3 is 9.64 Å². The standard InChI is InChI=1S/C24H29NO2/c1-3-5-16-24(26)25(19-21-12-8-6-9-13-21)23(4-2)17-18-27-20-22-14-10-7-11-15-22/h3-4,6-15,23H,1-2,5,16-20H2/t23-/m0/s1. The molecule has 0 aliphatic rings.